The van der Waals surface area contributed by atoms with Crippen LogP contribution in [0.15, 0.2) is 11.8 Å². The third-order valence-electron chi connectivity index (χ3n) is 12.2. The highest BCUT2D eigenvalue weighted by Gasteiger charge is 2.61. The fourth-order valence-electron chi connectivity index (χ4n) is 10.0. The lowest BCUT2D eigenvalue weighted by atomic mass is 9.49. The number of hydrogen-bond donors (Lipinski definition) is 2. The largest absolute Gasteiger partial charge is 0.335 e. The summed E-state index contributed by atoms with van der Waals surface area (Å²) in [5.41, 5.74) is 1.16. The number of carbonyl (C=O) groups is 3. The van der Waals surface area contributed by atoms with Gasteiger partial charge in [0, 0.05) is 35.5 Å². The van der Waals surface area contributed by atoms with Gasteiger partial charge in [-0.25, -0.2) is 4.79 Å². The molecule has 1 saturated heterocycles. The first-order chi connectivity index (χ1) is 18.3. The monoisotopic (exact) mass is 523 g/mol. The Balaban J connectivity index is 1.23. The summed E-state index contributed by atoms with van der Waals surface area (Å²) in [4.78, 5) is 42.1. The molecule has 38 heavy (non-hydrogen) atoms. The van der Waals surface area contributed by atoms with Gasteiger partial charge in [0.1, 0.15) is 0 Å². The lowest BCUT2D eigenvalue weighted by Crippen LogP contribution is -2.57. The van der Waals surface area contributed by atoms with Gasteiger partial charge >= 0.3 is 6.03 Å². The zero-order valence-corrected chi connectivity index (χ0v) is 23.7. The maximum Gasteiger partial charge on any atom is 0.324 e. The molecule has 4 amide bonds. The van der Waals surface area contributed by atoms with Crippen molar-refractivity contribution >= 4 is 17.8 Å². The number of nitrogens with one attached hydrogen (secondary N) is 2. The lowest BCUT2D eigenvalue weighted by Gasteiger charge is -2.57. The van der Waals surface area contributed by atoms with Crippen molar-refractivity contribution < 1.29 is 14.4 Å². The molecule has 2 N–H and O–H groups in total. The molecule has 6 rings (SSSR count). The molecule has 1 unspecified atom stereocenters. The number of piperidine rings is 1. The summed E-state index contributed by atoms with van der Waals surface area (Å²) in [7, 11) is 0. The van der Waals surface area contributed by atoms with Crippen LogP contribution in [0.5, 0.6) is 0 Å². The Morgan fingerprint density at radius 1 is 0.895 bits per heavy atom. The van der Waals surface area contributed by atoms with Crippen LogP contribution in [0.2, 0.25) is 0 Å². The first kappa shape index (κ1) is 26.4. The molecule has 6 aliphatic rings. The summed E-state index contributed by atoms with van der Waals surface area (Å²) in [5, 5.41) is 6.52. The standard InChI is InChI=1S/C32H49N3O3/c1-31-19-17-25-23(13-16-27-32(25,2)20-18-28(36)34-27)24(31)14-15-26(31)29(37)35(22-11-7-4-8-12-22)30(38)33-21-9-5-3-6-10-21/h16,21-26H,3-15,17-20H2,1-2H3,(H,33,38)(H,34,36)/t23-,24-,25+,26?,31-,32+/m0/s1. The van der Waals surface area contributed by atoms with Gasteiger partial charge < -0.3 is 10.6 Å². The van der Waals surface area contributed by atoms with Gasteiger partial charge in [-0.15, -0.1) is 0 Å². The van der Waals surface area contributed by atoms with Crippen molar-refractivity contribution in [3.8, 4) is 0 Å². The van der Waals surface area contributed by atoms with E-state index in [0.717, 1.165) is 82.7 Å². The highest BCUT2D eigenvalue weighted by molar-refractivity contribution is 5.96. The SMILES string of the molecule is C[C@]12CCC(=O)NC1=CC[C@@H]1[C@H]2CC[C@]2(C)C(C(=O)N(C(=O)NC3CCCCC3)C3CCCCC3)CC[C@@H]12. The van der Waals surface area contributed by atoms with E-state index in [1.54, 1.807) is 4.90 Å². The summed E-state index contributed by atoms with van der Waals surface area (Å²) in [6.45, 7) is 4.75. The first-order valence-electron chi connectivity index (χ1n) is 16.0. The van der Waals surface area contributed by atoms with E-state index in [0.29, 0.717) is 24.2 Å². The van der Waals surface area contributed by atoms with Crippen LogP contribution in [0.25, 0.3) is 0 Å². The summed E-state index contributed by atoms with van der Waals surface area (Å²) in [6.07, 6.45) is 20.1. The molecule has 0 aromatic rings. The minimum atomic E-state index is -0.106. The summed E-state index contributed by atoms with van der Waals surface area (Å²) < 4.78 is 0. The zero-order chi connectivity index (χ0) is 26.5. The van der Waals surface area contributed by atoms with Crippen LogP contribution in [0.4, 0.5) is 4.79 Å². The van der Waals surface area contributed by atoms with Crippen LogP contribution < -0.4 is 10.6 Å². The average Bonchev–Trinajstić information content (AvgIpc) is 3.27. The van der Waals surface area contributed by atoms with Crippen molar-refractivity contribution in [1.82, 2.24) is 15.5 Å². The highest BCUT2D eigenvalue weighted by Crippen LogP contribution is 2.65. The number of nitrogens with zero attached hydrogens (tertiary/aromatic N) is 1. The molecule has 0 spiro atoms. The van der Waals surface area contributed by atoms with E-state index in [2.05, 4.69) is 30.6 Å². The van der Waals surface area contributed by atoms with Crippen molar-refractivity contribution in [2.24, 2.45) is 34.5 Å². The van der Waals surface area contributed by atoms with Gasteiger partial charge in [-0.2, -0.15) is 0 Å². The maximum absolute atomic E-state index is 14.5. The Morgan fingerprint density at radius 2 is 1.61 bits per heavy atom. The molecule has 0 bridgehead atoms. The number of urea groups is 1. The van der Waals surface area contributed by atoms with Crippen molar-refractivity contribution in [2.75, 3.05) is 0 Å². The molecule has 0 aromatic carbocycles. The first-order valence-corrected chi connectivity index (χ1v) is 16.0. The van der Waals surface area contributed by atoms with Gasteiger partial charge in [0.15, 0.2) is 0 Å². The van der Waals surface area contributed by atoms with Crippen LogP contribution >= 0.6 is 0 Å². The molecule has 6 heteroatoms. The van der Waals surface area contributed by atoms with E-state index in [9.17, 15) is 14.4 Å². The van der Waals surface area contributed by atoms with Crippen molar-refractivity contribution in [1.29, 1.82) is 0 Å². The number of imide groups is 1. The summed E-state index contributed by atoms with van der Waals surface area (Å²) >= 11 is 0. The normalized spacial score (nSPS) is 39.7. The molecule has 1 aliphatic heterocycles. The minimum Gasteiger partial charge on any atom is -0.335 e. The minimum absolute atomic E-state index is 0.0457. The van der Waals surface area contributed by atoms with Gasteiger partial charge in [-0.05, 0) is 87.4 Å². The molecule has 5 aliphatic carbocycles. The van der Waals surface area contributed by atoms with Crippen LogP contribution in [0.1, 0.15) is 123 Å². The fourth-order valence-corrected chi connectivity index (χ4v) is 10.0. The Hall–Kier alpha value is -1.85. The van der Waals surface area contributed by atoms with Crippen molar-refractivity contribution in [3.63, 3.8) is 0 Å². The van der Waals surface area contributed by atoms with E-state index >= 15 is 0 Å². The molecule has 5 fully saturated rings. The second-order valence-corrected chi connectivity index (χ2v) is 14.2. The number of hydrogen-bond acceptors (Lipinski definition) is 3. The van der Waals surface area contributed by atoms with E-state index in [4.69, 9.17) is 0 Å². The zero-order valence-electron chi connectivity index (χ0n) is 23.7. The highest BCUT2D eigenvalue weighted by atomic mass is 16.2. The van der Waals surface area contributed by atoms with Crippen LogP contribution in [0.3, 0.4) is 0 Å². The molecule has 0 radical (unpaired) electrons. The average molecular weight is 524 g/mol. The van der Waals surface area contributed by atoms with E-state index in [1.165, 1.54) is 25.7 Å². The van der Waals surface area contributed by atoms with Crippen molar-refractivity contribution in [2.45, 2.75) is 135 Å². The Labute approximate surface area is 229 Å². The summed E-state index contributed by atoms with van der Waals surface area (Å²) in [6, 6.07) is 0.173. The molecule has 1 heterocycles. The Bertz CT molecular complexity index is 980. The quantitative estimate of drug-likeness (QED) is 0.446. The van der Waals surface area contributed by atoms with E-state index in [-0.39, 0.29) is 46.7 Å². The Kier molecular flexibility index (Phi) is 7.14. The molecule has 6 atom stereocenters. The van der Waals surface area contributed by atoms with Gasteiger partial charge in [0.05, 0.1) is 0 Å². The molecular weight excluding hydrogens is 474 g/mol. The number of rotatable bonds is 3. The van der Waals surface area contributed by atoms with E-state index < -0.39 is 0 Å². The lowest BCUT2D eigenvalue weighted by molar-refractivity contribution is -0.142. The van der Waals surface area contributed by atoms with Gasteiger partial charge in [-0.3, -0.25) is 14.5 Å². The third-order valence-corrected chi connectivity index (χ3v) is 12.2. The van der Waals surface area contributed by atoms with Crippen LogP contribution in [-0.4, -0.2) is 34.8 Å². The number of fused-ring (bicyclic) bond motifs is 5. The molecule has 6 nitrogen and oxygen atoms in total. The van der Waals surface area contributed by atoms with Gasteiger partial charge in [0.2, 0.25) is 11.8 Å². The van der Waals surface area contributed by atoms with Gasteiger partial charge in [-0.1, -0.05) is 58.4 Å². The summed E-state index contributed by atoms with van der Waals surface area (Å²) in [5.74, 6) is 1.87. The number of carbonyl (C=O) groups excluding carboxylic acids is 3. The molecular formula is C32H49N3O3. The molecule has 0 aromatic heterocycles. The topological polar surface area (TPSA) is 78.5 Å². The number of allylic oxidation sites excluding steroid dienone is 2. The number of amides is 4. The molecule has 210 valence electrons. The maximum atomic E-state index is 14.5. The van der Waals surface area contributed by atoms with Gasteiger partial charge in [0.25, 0.3) is 0 Å². The second-order valence-electron chi connectivity index (χ2n) is 14.2. The van der Waals surface area contributed by atoms with Crippen LogP contribution in [0, 0.1) is 34.5 Å². The fraction of sp³-hybridized carbons (Fsp3) is 0.844. The predicted molar refractivity (Wildman–Crippen MR) is 148 cm³/mol. The molecule has 4 saturated carbocycles. The predicted octanol–water partition coefficient (Wildman–Crippen LogP) is 6.45. The second kappa shape index (κ2) is 10.3. The smallest absolute Gasteiger partial charge is 0.324 e. The van der Waals surface area contributed by atoms with Crippen LogP contribution in [-0.2, 0) is 9.59 Å². The third kappa shape index (κ3) is 4.42. The Morgan fingerprint density at radius 3 is 2.34 bits per heavy atom. The van der Waals surface area contributed by atoms with E-state index in [1.807, 2.05) is 0 Å². The van der Waals surface area contributed by atoms with Crippen molar-refractivity contribution in [3.05, 3.63) is 11.8 Å².